The molecular weight excluding hydrogens is 262 g/mol. The number of benzene rings is 1. The minimum Gasteiger partial charge on any atom is -0.481 e. The van der Waals surface area contributed by atoms with Crippen molar-refractivity contribution >= 4 is 5.91 Å². The Morgan fingerprint density at radius 1 is 1.19 bits per heavy atom. The highest BCUT2D eigenvalue weighted by atomic mass is 16.5. The second kappa shape index (κ2) is 8.06. The van der Waals surface area contributed by atoms with E-state index in [9.17, 15) is 4.79 Å². The number of amides is 1. The fraction of sp³-hybridized carbons (Fsp3) is 0.611. The summed E-state index contributed by atoms with van der Waals surface area (Å²) in [7, 11) is 0. The summed E-state index contributed by atoms with van der Waals surface area (Å²) in [4.78, 5) is 14.8. The Bertz CT molecular complexity index is 426. The van der Waals surface area contributed by atoms with Crippen molar-refractivity contribution in [3.8, 4) is 5.75 Å². The van der Waals surface area contributed by atoms with E-state index in [0.717, 1.165) is 25.1 Å². The number of ether oxygens (including phenoxy) is 1. The van der Waals surface area contributed by atoms with Gasteiger partial charge in [0.2, 0.25) is 0 Å². The number of hydrogen-bond acceptors (Lipinski definition) is 2. The summed E-state index contributed by atoms with van der Waals surface area (Å²) in [6.45, 7) is 4.86. The van der Waals surface area contributed by atoms with Crippen LogP contribution in [0.15, 0.2) is 30.3 Å². The lowest BCUT2D eigenvalue weighted by Gasteiger charge is -2.35. The summed E-state index contributed by atoms with van der Waals surface area (Å²) >= 11 is 0. The van der Waals surface area contributed by atoms with E-state index >= 15 is 0 Å². The Morgan fingerprint density at radius 2 is 1.86 bits per heavy atom. The molecule has 3 nitrogen and oxygen atoms in total. The predicted octanol–water partition coefficient (Wildman–Crippen LogP) is 4.03. The molecule has 3 heteroatoms. The van der Waals surface area contributed by atoms with Crippen molar-refractivity contribution in [3.63, 3.8) is 0 Å². The van der Waals surface area contributed by atoms with Crippen LogP contribution in [-0.2, 0) is 4.79 Å². The largest absolute Gasteiger partial charge is 0.481 e. The highest BCUT2D eigenvalue weighted by Gasteiger charge is 2.29. The lowest BCUT2D eigenvalue weighted by Crippen LogP contribution is -2.47. The van der Waals surface area contributed by atoms with Crippen molar-refractivity contribution < 1.29 is 9.53 Å². The third-order valence-corrected chi connectivity index (χ3v) is 4.31. The zero-order valence-electron chi connectivity index (χ0n) is 13.3. The van der Waals surface area contributed by atoms with Crippen LogP contribution in [0.2, 0.25) is 0 Å². The van der Waals surface area contributed by atoms with Crippen LogP contribution in [0.1, 0.15) is 52.4 Å². The molecule has 0 N–H and O–H groups in total. The molecule has 0 aromatic heterocycles. The summed E-state index contributed by atoms with van der Waals surface area (Å²) in [5, 5.41) is 0. The first-order chi connectivity index (χ1) is 10.3. The van der Waals surface area contributed by atoms with E-state index in [4.69, 9.17) is 4.74 Å². The topological polar surface area (TPSA) is 29.5 Å². The van der Waals surface area contributed by atoms with E-state index in [0.29, 0.717) is 12.5 Å². The molecule has 0 aliphatic heterocycles. The maximum absolute atomic E-state index is 12.8. The molecule has 1 aromatic carbocycles. The second-order valence-electron chi connectivity index (χ2n) is 5.74. The van der Waals surface area contributed by atoms with Crippen molar-refractivity contribution in [3.05, 3.63) is 30.3 Å². The van der Waals surface area contributed by atoms with Gasteiger partial charge in [0.1, 0.15) is 5.75 Å². The quantitative estimate of drug-likeness (QED) is 0.791. The molecule has 1 atom stereocenters. The highest BCUT2D eigenvalue weighted by Crippen LogP contribution is 2.24. The monoisotopic (exact) mass is 289 g/mol. The van der Waals surface area contributed by atoms with Crippen molar-refractivity contribution in [2.45, 2.75) is 64.5 Å². The predicted molar refractivity (Wildman–Crippen MR) is 85.4 cm³/mol. The SMILES string of the molecule is CCC(Oc1ccccc1)C(=O)N(CC)C1CCCCC1. The third-order valence-electron chi connectivity index (χ3n) is 4.31. The zero-order chi connectivity index (χ0) is 15.1. The Labute approximate surface area is 128 Å². The van der Waals surface area contributed by atoms with Crippen LogP contribution in [0.3, 0.4) is 0 Å². The summed E-state index contributed by atoms with van der Waals surface area (Å²) < 4.78 is 5.91. The van der Waals surface area contributed by atoms with Crippen molar-refractivity contribution in [2.75, 3.05) is 6.54 Å². The van der Waals surface area contributed by atoms with Crippen molar-refractivity contribution in [2.24, 2.45) is 0 Å². The Kier molecular flexibility index (Phi) is 6.09. The van der Waals surface area contributed by atoms with Crippen molar-refractivity contribution in [1.29, 1.82) is 0 Å². The molecule has 0 heterocycles. The van der Waals surface area contributed by atoms with E-state index in [-0.39, 0.29) is 12.0 Å². The van der Waals surface area contributed by atoms with E-state index in [2.05, 4.69) is 6.92 Å². The smallest absolute Gasteiger partial charge is 0.263 e. The number of para-hydroxylation sites is 1. The fourth-order valence-electron chi connectivity index (χ4n) is 3.14. The van der Waals surface area contributed by atoms with Gasteiger partial charge in [-0.05, 0) is 38.3 Å². The molecule has 21 heavy (non-hydrogen) atoms. The molecule has 0 radical (unpaired) electrons. The molecule has 1 aromatic rings. The van der Waals surface area contributed by atoms with Crippen LogP contribution in [-0.4, -0.2) is 29.5 Å². The highest BCUT2D eigenvalue weighted by molar-refractivity contribution is 5.81. The molecule has 0 saturated heterocycles. The van der Waals surface area contributed by atoms with Gasteiger partial charge in [-0.2, -0.15) is 0 Å². The average molecular weight is 289 g/mol. The summed E-state index contributed by atoms with van der Waals surface area (Å²) in [5.41, 5.74) is 0. The number of rotatable bonds is 6. The van der Waals surface area contributed by atoms with Gasteiger partial charge in [0, 0.05) is 12.6 Å². The summed E-state index contributed by atoms with van der Waals surface area (Å²) in [6, 6.07) is 10.1. The first kappa shape index (κ1) is 15.9. The van der Waals surface area contributed by atoms with Gasteiger partial charge in [0.15, 0.2) is 6.10 Å². The molecule has 2 rings (SSSR count). The summed E-state index contributed by atoms with van der Waals surface area (Å²) in [5.74, 6) is 0.924. The van der Waals surface area contributed by atoms with Crippen LogP contribution in [0.5, 0.6) is 5.75 Å². The fourth-order valence-corrected chi connectivity index (χ4v) is 3.14. The zero-order valence-corrected chi connectivity index (χ0v) is 13.3. The van der Waals surface area contributed by atoms with Crippen LogP contribution in [0.4, 0.5) is 0 Å². The van der Waals surface area contributed by atoms with Gasteiger partial charge >= 0.3 is 0 Å². The average Bonchev–Trinajstić information content (AvgIpc) is 2.55. The van der Waals surface area contributed by atoms with E-state index in [1.165, 1.54) is 19.3 Å². The minimum atomic E-state index is -0.366. The number of likely N-dealkylation sites (N-methyl/N-ethyl adjacent to an activating group) is 1. The maximum Gasteiger partial charge on any atom is 0.263 e. The minimum absolute atomic E-state index is 0.149. The normalized spacial score (nSPS) is 17.2. The first-order valence-electron chi connectivity index (χ1n) is 8.28. The van der Waals surface area contributed by atoms with E-state index in [1.54, 1.807) is 0 Å². The van der Waals surface area contributed by atoms with Crippen LogP contribution in [0.25, 0.3) is 0 Å². The van der Waals surface area contributed by atoms with Gasteiger partial charge in [-0.15, -0.1) is 0 Å². The number of carbonyl (C=O) groups excluding carboxylic acids is 1. The molecule has 1 unspecified atom stereocenters. The van der Waals surface area contributed by atoms with Gasteiger partial charge in [0.25, 0.3) is 5.91 Å². The first-order valence-corrected chi connectivity index (χ1v) is 8.28. The van der Waals surface area contributed by atoms with E-state index < -0.39 is 0 Å². The number of hydrogen-bond donors (Lipinski definition) is 0. The molecule has 1 fully saturated rings. The Morgan fingerprint density at radius 3 is 2.43 bits per heavy atom. The lowest BCUT2D eigenvalue weighted by atomic mass is 9.93. The molecule has 1 aliphatic carbocycles. The van der Waals surface area contributed by atoms with Crippen molar-refractivity contribution in [1.82, 2.24) is 4.90 Å². The molecule has 1 amide bonds. The van der Waals surface area contributed by atoms with Gasteiger partial charge < -0.3 is 9.64 Å². The molecule has 1 aliphatic rings. The van der Waals surface area contributed by atoms with Crippen LogP contribution >= 0.6 is 0 Å². The molecule has 1 saturated carbocycles. The standard InChI is InChI=1S/C18H27NO2/c1-3-17(21-16-13-9-6-10-14-16)18(20)19(4-2)15-11-7-5-8-12-15/h6,9-10,13-15,17H,3-5,7-8,11-12H2,1-2H3. The molecule has 0 spiro atoms. The van der Waals surface area contributed by atoms with Crippen LogP contribution in [0, 0.1) is 0 Å². The van der Waals surface area contributed by atoms with Gasteiger partial charge in [-0.3, -0.25) is 4.79 Å². The number of nitrogens with zero attached hydrogens (tertiary/aromatic N) is 1. The third kappa shape index (κ3) is 4.23. The van der Waals surface area contributed by atoms with Gasteiger partial charge in [-0.1, -0.05) is 44.4 Å². The van der Waals surface area contributed by atoms with Gasteiger partial charge in [-0.25, -0.2) is 0 Å². The molecular formula is C18H27NO2. The van der Waals surface area contributed by atoms with Gasteiger partial charge in [0.05, 0.1) is 0 Å². The molecule has 116 valence electrons. The lowest BCUT2D eigenvalue weighted by molar-refractivity contribution is -0.141. The maximum atomic E-state index is 12.8. The Hall–Kier alpha value is -1.51. The van der Waals surface area contributed by atoms with Crippen LogP contribution < -0.4 is 4.74 Å². The summed E-state index contributed by atoms with van der Waals surface area (Å²) in [6.07, 6.45) is 6.41. The van der Waals surface area contributed by atoms with E-state index in [1.807, 2.05) is 42.2 Å². The second-order valence-corrected chi connectivity index (χ2v) is 5.74. The molecule has 0 bridgehead atoms. The Balaban J connectivity index is 2.03. The number of carbonyl (C=O) groups is 1.